The Kier molecular flexibility index (Phi) is 5.35. The van der Waals surface area contributed by atoms with Crippen molar-refractivity contribution in [2.45, 2.75) is 19.3 Å². The highest BCUT2D eigenvalue weighted by Gasteiger charge is 2.25. The SMILES string of the molecule is CNC(=O)Nc1cccc(N2CCCc3cc(-c4cnn(C)c4)c(C(F)F)cc32)n1. The standard InChI is InChI=1S/C21H22F2N6O/c1-24-21(30)27-18-6-3-7-19(26-18)29-8-4-5-13-9-15(14-11-25-28(2)12-14)16(20(22)23)10-17(13)29/h3,6-7,9-12,20H,4-5,8H2,1-2H3,(H2,24,26,27,30). The summed E-state index contributed by atoms with van der Waals surface area (Å²) in [7, 11) is 3.28. The zero-order chi connectivity index (χ0) is 21.3. The molecule has 156 valence electrons. The molecule has 0 saturated heterocycles. The van der Waals surface area contributed by atoms with Crippen molar-refractivity contribution in [3.8, 4) is 11.1 Å². The van der Waals surface area contributed by atoms with Gasteiger partial charge in [-0.1, -0.05) is 6.07 Å². The number of aryl methyl sites for hydroxylation is 2. The number of carbonyl (C=O) groups excluding carboxylic acids is 1. The van der Waals surface area contributed by atoms with E-state index in [1.165, 1.54) is 7.05 Å². The zero-order valence-corrected chi connectivity index (χ0v) is 16.7. The molecule has 9 heteroatoms. The molecule has 1 aromatic carbocycles. The van der Waals surface area contributed by atoms with Crippen molar-refractivity contribution in [3.63, 3.8) is 0 Å². The van der Waals surface area contributed by atoms with Crippen LogP contribution in [0.2, 0.25) is 0 Å². The lowest BCUT2D eigenvalue weighted by molar-refractivity contribution is 0.152. The molecule has 0 atom stereocenters. The van der Waals surface area contributed by atoms with Crippen molar-refractivity contribution < 1.29 is 13.6 Å². The summed E-state index contributed by atoms with van der Waals surface area (Å²) in [6.45, 7) is 0.651. The van der Waals surface area contributed by atoms with Crippen LogP contribution in [-0.2, 0) is 13.5 Å². The van der Waals surface area contributed by atoms with Gasteiger partial charge in [-0.2, -0.15) is 5.10 Å². The first-order valence-electron chi connectivity index (χ1n) is 9.63. The predicted octanol–water partition coefficient (Wildman–Crippen LogP) is 4.26. The number of fused-ring (bicyclic) bond motifs is 1. The fraction of sp³-hybridized carbons (Fsp3) is 0.286. The fourth-order valence-corrected chi connectivity index (χ4v) is 3.70. The van der Waals surface area contributed by atoms with E-state index in [0.29, 0.717) is 35.0 Å². The van der Waals surface area contributed by atoms with Gasteiger partial charge in [0.05, 0.1) is 6.20 Å². The molecule has 30 heavy (non-hydrogen) atoms. The molecule has 0 fully saturated rings. The number of aromatic nitrogens is 3. The first kappa shape index (κ1) is 19.8. The van der Waals surface area contributed by atoms with Crippen LogP contribution in [0.4, 0.5) is 30.9 Å². The summed E-state index contributed by atoms with van der Waals surface area (Å²) in [5.74, 6) is 0.985. The summed E-state index contributed by atoms with van der Waals surface area (Å²) in [5, 5.41) is 9.24. The Hall–Kier alpha value is -3.49. The maximum atomic E-state index is 14.0. The molecule has 2 N–H and O–H groups in total. The maximum Gasteiger partial charge on any atom is 0.320 e. The van der Waals surface area contributed by atoms with E-state index in [2.05, 4.69) is 20.7 Å². The quantitative estimate of drug-likeness (QED) is 0.672. The van der Waals surface area contributed by atoms with E-state index in [4.69, 9.17) is 0 Å². The number of amides is 2. The molecule has 0 radical (unpaired) electrons. The molecule has 7 nitrogen and oxygen atoms in total. The highest BCUT2D eigenvalue weighted by Crippen LogP contribution is 2.40. The second kappa shape index (κ2) is 8.10. The molecule has 3 aromatic rings. The van der Waals surface area contributed by atoms with Crippen molar-refractivity contribution in [2.75, 3.05) is 23.8 Å². The number of nitrogens with zero attached hydrogens (tertiary/aromatic N) is 4. The van der Waals surface area contributed by atoms with Crippen molar-refractivity contribution >= 4 is 23.4 Å². The number of rotatable bonds is 4. The monoisotopic (exact) mass is 412 g/mol. The number of anilines is 3. The van der Waals surface area contributed by atoms with E-state index in [0.717, 1.165) is 18.4 Å². The zero-order valence-electron chi connectivity index (χ0n) is 16.7. The number of hydrogen-bond acceptors (Lipinski definition) is 4. The number of pyridine rings is 1. The summed E-state index contributed by atoms with van der Waals surface area (Å²) in [4.78, 5) is 18.0. The molecule has 3 heterocycles. The second-order valence-electron chi connectivity index (χ2n) is 7.11. The smallest absolute Gasteiger partial charge is 0.320 e. The van der Waals surface area contributed by atoms with Crippen LogP contribution in [0.1, 0.15) is 24.0 Å². The van der Waals surface area contributed by atoms with Gasteiger partial charge in [-0.3, -0.25) is 10.00 Å². The van der Waals surface area contributed by atoms with Gasteiger partial charge in [0.2, 0.25) is 0 Å². The number of halogens is 2. The number of hydrogen-bond donors (Lipinski definition) is 2. The van der Waals surface area contributed by atoms with Crippen molar-refractivity contribution in [2.24, 2.45) is 7.05 Å². The van der Waals surface area contributed by atoms with Gasteiger partial charge in [-0.25, -0.2) is 18.6 Å². The Morgan fingerprint density at radius 2 is 2.10 bits per heavy atom. The maximum absolute atomic E-state index is 14.0. The molecular weight excluding hydrogens is 390 g/mol. The van der Waals surface area contributed by atoms with Crippen LogP contribution >= 0.6 is 0 Å². The van der Waals surface area contributed by atoms with Crippen LogP contribution in [0.15, 0.2) is 42.7 Å². The number of urea groups is 1. The lowest BCUT2D eigenvalue weighted by atomic mass is 9.93. The van der Waals surface area contributed by atoms with Crippen LogP contribution in [0.25, 0.3) is 11.1 Å². The summed E-state index contributed by atoms with van der Waals surface area (Å²) in [6, 6.07) is 8.29. The average Bonchev–Trinajstić information content (AvgIpc) is 3.18. The molecule has 2 amide bonds. The van der Waals surface area contributed by atoms with Gasteiger partial charge in [-0.05, 0) is 48.2 Å². The molecule has 1 aliphatic rings. The summed E-state index contributed by atoms with van der Waals surface area (Å²) < 4.78 is 29.5. The molecule has 0 aliphatic carbocycles. The van der Waals surface area contributed by atoms with Gasteiger partial charge in [0.25, 0.3) is 6.43 Å². The topological polar surface area (TPSA) is 75.1 Å². The fourth-order valence-electron chi connectivity index (χ4n) is 3.70. The van der Waals surface area contributed by atoms with Crippen LogP contribution in [0.5, 0.6) is 0 Å². The van der Waals surface area contributed by atoms with Gasteiger partial charge < -0.3 is 10.2 Å². The summed E-state index contributed by atoms with van der Waals surface area (Å²) in [5.41, 5.74) is 2.84. The highest BCUT2D eigenvalue weighted by molar-refractivity contribution is 5.88. The molecule has 2 aromatic heterocycles. The van der Waals surface area contributed by atoms with E-state index in [9.17, 15) is 13.6 Å². The number of benzene rings is 1. The van der Waals surface area contributed by atoms with E-state index < -0.39 is 6.43 Å². The van der Waals surface area contributed by atoms with Crippen molar-refractivity contribution in [1.82, 2.24) is 20.1 Å². The van der Waals surface area contributed by atoms with E-state index in [1.54, 1.807) is 48.4 Å². The van der Waals surface area contributed by atoms with Crippen molar-refractivity contribution in [1.29, 1.82) is 0 Å². The molecule has 0 saturated carbocycles. The Morgan fingerprint density at radius 1 is 1.27 bits per heavy atom. The number of nitrogens with one attached hydrogen (secondary N) is 2. The molecular formula is C21H22F2N6O. The first-order chi connectivity index (χ1) is 14.5. The molecule has 0 unspecified atom stereocenters. The third-order valence-corrected chi connectivity index (χ3v) is 5.10. The van der Waals surface area contributed by atoms with Gasteiger partial charge in [0.1, 0.15) is 11.6 Å². The normalized spacial score (nSPS) is 13.3. The highest BCUT2D eigenvalue weighted by atomic mass is 19.3. The largest absolute Gasteiger partial charge is 0.341 e. The average molecular weight is 412 g/mol. The molecule has 1 aliphatic heterocycles. The van der Waals surface area contributed by atoms with E-state index >= 15 is 0 Å². The molecule has 4 rings (SSSR count). The number of alkyl halides is 2. The van der Waals surface area contributed by atoms with Crippen LogP contribution in [0, 0.1) is 0 Å². The third kappa shape index (κ3) is 3.83. The lowest BCUT2D eigenvalue weighted by Gasteiger charge is -2.32. The molecule has 0 bridgehead atoms. The number of carbonyl (C=O) groups is 1. The minimum atomic E-state index is -2.62. The van der Waals surface area contributed by atoms with Crippen LogP contribution in [-0.4, -0.2) is 34.4 Å². The van der Waals surface area contributed by atoms with Gasteiger partial charge >= 0.3 is 6.03 Å². The minimum absolute atomic E-state index is 0.0340. The first-order valence-corrected chi connectivity index (χ1v) is 9.63. The Morgan fingerprint density at radius 3 is 2.80 bits per heavy atom. The summed E-state index contributed by atoms with van der Waals surface area (Å²) in [6.07, 6.45) is 2.37. The Labute approximate surface area is 172 Å². The second-order valence-corrected chi connectivity index (χ2v) is 7.11. The van der Waals surface area contributed by atoms with Crippen LogP contribution < -0.4 is 15.5 Å². The third-order valence-electron chi connectivity index (χ3n) is 5.10. The predicted molar refractivity (Wildman–Crippen MR) is 111 cm³/mol. The van der Waals surface area contributed by atoms with Gasteiger partial charge in [-0.15, -0.1) is 0 Å². The van der Waals surface area contributed by atoms with E-state index in [1.807, 2.05) is 11.0 Å². The van der Waals surface area contributed by atoms with Crippen LogP contribution in [0.3, 0.4) is 0 Å². The Bertz CT molecular complexity index is 1080. The minimum Gasteiger partial charge on any atom is -0.341 e. The Balaban J connectivity index is 1.76. The lowest BCUT2D eigenvalue weighted by Crippen LogP contribution is -2.27. The van der Waals surface area contributed by atoms with E-state index in [-0.39, 0.29) is 11.6 Å². The van der Waals surface area contributed by atoms with Gasteiger partial charge in [0, 0.05) is 43.7 Å². The summed E-state index contributed by atoms with van der Waals surface area (Å²) >= 11 is 0. The molecule has 0 spiro atoms. The van der Waals surface area contributed by atoms with Crippen molar-refractivity contribution in [3.05, 3.63) is 53.9 Å². The van der Waals surface area contributed by atoms with Gasteiger partial charge in [0.15, 0.2) is 0 Å².